The van der Waals surface area contributed by atoms with Gasteiger partial charge in [-0.25, -0.2) is 5.01 Å². The summed E-state index contributed by atoms with van der Waals surface area (Å²) in [4.78, 5) is 11.4. The number of anilines is 1. The van der Waals surface area contributed by atoms with E-state index in [1.807, 2.05) is 37.3 Å². The summed E-state index contributed by atoms with van der Waals surface area (Å²) in [7, 11) is 0. The van der Waals surface area contributed by atoms with E-state index >= 15 is 0 Å². The molecule has 1 amide bonds. The van der Waals surface area contributed by atoms with Crippen LogP contribution >= 0.6 is 0 Å². The van der Waals surface area contributed by atoms with Crippen LogP contribution in [0.3, 0.4) is 0 Å². The smallest absolute Gasteiger partial charge is 0.253 e. The number of para-hydroxylation sites is 1. The predicted molar refractivity (Wildman–Crippen MR) is 57.4 cm³/mol. The van der Waals surface area contributed by atoms with Crippen molar-refractivity contribution in [3.05, 3.63) is 30.3 Å². The molecule has 1 aromatic carbocycles. The number of hydrazone groups is 1. The second kappa shape index (κ2) is 4.73. The molecule has 1 radical (unpaired) electrons. The van der Waals surface area contributed by atoms with Gasteiger partial charge in [-0.05, 0) is 19.1 Å². The molecule has 0 aromatic heterocycles. The summed E-state index contributed by atoms with van der Waals surface area (Å²) in [5.74, 6) is 0.0451. The Balaban J connectivity index is 0.000000980. The van der Waals surface area contributed by atoms with E-state index in [2.05, 4.69) is 5.10 Å². The van der Waals surface area contributed by atoms with Crippen molar-refractivity contribution in [2.75, 3.05) is 5.01 Å². The van der Waals surface area contributed by atoms with E-state index in [0.717, 1.165) is 11.4 Å². The average Bonchev–Trinajstić information content (AvgIpc) is 2.47. The number of hydrogen-bond acceptors (Lipinski definition) is 2. The van der Waals surface area contributed by atoms with Crippen LogP contribution in [-0.2, 0) is 4.79 Å². The first-order valence-electron chi connectivity index (χ1n) is 4.19. The normalized spacial score (nSPS) is 15.1. The van der Waals surface area contributed by atoms with Gasteiger partial charge in [0.05, 0.1) is 12.1 Å². The van der Waals surface area contributed by atoms with Crippen molar-refractivity contribution < 1.29 is 4.79 Å². The first kappa shape index (κ1) is 11.4. The molecule has 0 saturated heterocycles. The quantitative estimate of drug-likeness (QED) is 0.626. The molecule has 0 spiro atoms. The monoisotopic (exact) mass is 197 g/mol. The maximum Gasteiger partial charge on any atom is 0.253 e. The number of rotatable bonds is 1. The Morgan fingerprint density at radius 2 is 1.93 bits per heavy atom. The summed E-state index contributed by atoms with van der Waals surface area (Å²) >= 11 is 0. The molecule has 1 heterocycles. The number of carbonyl (C=O) groups excluding carboxylic acids is 1. The zero-order chi connectivity index (χ0) is 9.26. The van der Waals surface area contributed by atoms with Crippen LogP contribution in [0, 0.1) is 0 Å². The molecule has 0 N–H and O–H groups in total. The van der Waals surface area contributed by atoms with Gasteiger partial charge < -0.3 is 0 Å². The fraction of sp³-hybridized carbons (Fsp3) is 0.200. The summed E-state index contributed by atoms with van der Waals surface area (Å²) in [6.45, 7) is 1.86. The molecule has 0 atom stereocenters. The minimum absolute atomic E-state index is 0. The van der Waals surface area contributed by atoms with Crippen molar-refractivity contribution >= 4 is 46.9 Å². The van der Waals surface area contributed by atoms with E-state index in [1.54, 1.807) is 0 Å². The minimum Gasteiger partial charge on any atom is -0.272 e. The predicted octanol–water partition coefficient (Wildman–Crippen LogP) is 1.42. The third-order valence-corrected chi connectivity index (χ3v) is 1.91. The molecule has 0 unspecified atom stereocenters. The number of carbonyl (C=O) groups is 1. The van der Waals surface area contributed by atoms with Crippen LogP contribution in [0.2, 0.25) is 0 Å². The SMILES string of the molecule is CC1=NN(c2ccccc2)C(=O)C1.[Na]. The molecule has 0 bridgehead atoms. The van der Waals surface area contributed by atoms with Gasteiger partial charge in [0.1, 0.15) is 0 Å². The van der Waals surface area contributed by atoms with Gasteiger partial charge >= 0.3 is 0 Å². The summed E-state index contributed by atoms with van der Waals surface area (Å²) in [6, 6.07) is 9.46. The second-order valence-corrected chi connectivity index (χ2v) is 3.05. The molecular formula is C10H10N2NaO. The summed E-state index contributed by atoms with van der Waals surface area (Å²) in [5.41, 5.74) is 1.71. The first-order valence-corrected chi connectivity index (χ1v) is 4.19. The Labute approximate surface area is 105 Å². The third kappa shape index (κ3) is 2.23. The Morgan fingerprint density at radius 3 is 2.43 bits per heavy atom. The van der Waals surface area contributed by atoms with Gasteiger partial charge in [-0.1, -0.05) is 18.2 Å². The summed E-state index contributed by atoms with van der Waals surface area (Å²) in [6.07, 6.45) is 0.439. The van der Waals surface area contributed by atoms with Gasteiger partial charge in [-0.15, -0.1) is 0 Å². The van der Waals surface area contributed by atoms with Crippen LogP contribution in [0.4, 0.5) is 5.69 Å². The molecule has 2 rings (SSSR count). The number of amides is 1. The van der Waals surface area contributed by atoms with Crippen molar-refractivity contribution in [1.82, 2.24) is 0 Å². The van der Waals surface area contributed by atoms with E-state index < -0.39 is 0 Å². The van der Waals surface area contributed by atoms with Crippen molar-refractivity contribution in [3.8, 4) is 0 Å². The van der Waals surface area contributed by atoms with Crippen LogP contribution in [0.5, 0.6) is 0 Å². The second-order valence-electron chi connectivity index (χ2n) is 3.05. The Kier molecular flexibility index (Phi) is 3.86. The number of hydrogen-bond donors (Lipinski definition) is 0. The van der Waals surface area contributed by atoms with E-state index in [9.17, 15) is 4.79 Å². The van der Waals surface area contributed by atoms with Crippen molar-refractivity contribution in [2.45, 2.75) is 13.3 Å². The van der Waals surface area contributed by atoms with Gasteiger partial charge in [-0.3, -0.25) is 4.79 Å². The molecule has 4 heteroatoms. The van der Waals surface area contributed by atoms with E-state index in [4.69, 9.17) is 0 Å². The van der Waals surface area contributed by atoms with Crippen LogP contribution in [-0.4, -0.2) is 41.2 Å². The van der Waals surface area contributed by atoms with Gasteiger partial charge in [0.15, 0.2) is 0 Å². The number of nitrogens with zero attached hydrogens (tertiary/aromatic N) is 2. The molecule has 14 heavy (non-hydrogen) atoms. The van der Waals surface area contributed by atoms with Crippen molar-refractivity contribution in [3.63, 3.8) is 0 Å². The van der Waals surface area contributed by atoms with Crippen molar-refractivity contribution in [2.24, 2.45) is 5.10 Å². The maximum atomic E-state index is 11.4. The van der Waals surface area contributed by atoms with Crippen LogP contribution in [0.25, 0.3) is 0 Å². The van der Waals surface area contributed by atoms with Crippen molar-refractivity contribution in [1.29, 1.82) is 0 Å². The molecule has 67 valence electrons. The van der Waals surface area contributed by atoms with Gasteiger partial charge in [0, 0.05) is 35.3 Å². The average molecular weight is 197 g/mol. The molecule has 1 aromatic rings. The molecule has 1 aliphatic rings. The summed E-state index contributed by atoms with van der Waals surface area (Å²) in [5, 5.41) is 5.59. The molecule has 1 aliphatic heterocycles. The zero-order valence-corrected chi connectivity index (χ0v) is 10.4. The van der Waals surface area contributed by atoms with Gasteiger partial charge in [0.2, 0.25) is 0 Å². The topological polar surface area (TPSA) is 32.7 Å². The molecule has 0 aliphatic carbocycles. The largest absolute Gasteiger partial charge is 0.272 e. The fourth-order valence-electron chi connectivity index (χ4n) is 1.33. The van der Waals surface area contributed by atoms with Crippen LogP contribution < -0.4 is 5.01 Å². The van der Waals surface area contributed by atoms with E-state index in [-0.39, 0.29) is 35.5 Å². The zero-order valence-electron chi connectivity index (χ0n) is 8.40. The Morgan fingerprint density at radius 1 is 1.29 bits per heavy atom. The fourth-order valence-corrected chi connectivity index (χ4v) is 1.33. The van der Waals surface area contributed by atoms with E-state index in [1.165, 1.54) is 5.01 Å². The minimum atomic E-state index is 0. The van der Waals surface area contributed by atoms with Gasteiger partial charge in [-0.2, -0.15) is 5.10 Å². The molecule has 3 nitrogen and oxygen atoms in total. The third-order valence-electron chi connectivity index (χ3n) is 1.91. The molecule has 0 saturated carbocycles. The van der Waals surface area contributed by atoms with E-state index in [0.29, 0.717) is 6.42 Å². The maximum absolute atomic E-state index is 11.4. The standard InChI is InChI=1S/C10H10N2O.Na/c1-8-7-10(13)12(11-8)9-5-3-2-4-6-9;/h2-6H,7H2,1H3;. The van der Waals surface area contributed by atoms with Crippen LogP contribution in [0.1, 0.15) is 13.3 Å². The van der Waals surface area contributed by atoms with Crippen LogP contribution in [0.15, 0.2) is 35.4 Å². The first-order chi connectivity index (χ1) is 6.27. The molecule has 0 fully saturated rings. The summed E-state index contributed by atoms with van der Waals surface area (Å²) < 4.78 is 0. The Hall–Kier alpha value is -0.640. The Bertz CT molecular complexity index is 362. The van der Waals surface area contributed by atoms with Gasteiger partial charge in [0.25, 0.3) is 5.91 Å². The molecular weight excluding hydrogens is 187 g/mol. The number of benzene rings is 1.